The van der Waals surface area contributed by atoms with Crippen LogP contribution in [0.2, 0.25) is 0 Å². The molecule has 24 heavy (non-hydrogen) atoms. The van der Waals surface area contributed by atoms with Gasteiger partial charge in [-0.15, -0.1) is 0 Å². The smallest absolute Gasteiger partial charge is 0.0617 e. The number of aliphatic hydroxyl groups excluding tert-OH is 1. The van der Waals surface area contributed by atoms with E-state index in [2.05, 4.69) is 55.5 Å². The summed E-state index contributed by atoms with van der Waals surface area (Å²) in [5.41, 5.74) is 1.15. The summed E-state index contributed by atoms with van der Waals surface area (Å²) in [6.45, 7) is 4.33. The van der Waals surface area contributed by atoms with E-state index < -0.39 is 0 Å². The highest BCUT2D eigenvalue weighted by Gasteiger charge is 1.89. The van der Waals surface area contributed by atoms with Gasteiger partial charge in [0.05, 0.1) is 6.61 Å². The minimum atomic E-state index is 0.136. The van der Waals surface area contributed by atoms with Gasteiger partial charge < -0.3 is 5.11 Å². The van der Waals surface area contributed by atoms with Crippen LogP contribution in [0.4, 0.5) is 0 Å². The number of aliphatic hydroxyl groups is 1. The van der Waals surface area contributed by atoms with Crippen LogP contribution in [0.25, 0.3) is 0 Å². The van der Waals surface area contributed by atoms with Crippen molar-refractivity contribution in [3.05, 3.63) is 60.3 Å². The zero-order valence-corrected chi connectivity index (χ0v) is 15.9. The van der Waals surface area contributed by atoms with E-state index in [1.807, 2.05) is 13.0 Å². The monoisotopic (exact) mass is 330 g/mol. The minimum absolute atomic E-state index is 0.136. The van der Waals surface area contributed by atoms with Crippen LogP contribution in [0.15, 0.2) is 60.3 Å². The average Bonchev–Trinajstić information content (AvgIpc) is 2.58. The van der Waals surface area contributed by atoms with E-state index in [1.165, 1.54) is 38.5 Å². The number of allylic oxidation sites excluding steroid dienone is 9. The van der Waals surface area contributed by atoms with Gasteiger partial charge in [-0.3, -0.25) is 0 Å². The van der Waals surface area contributed by atoms with Gasteiger partial charge in [-0.05, 0) is 51.9 Å². The molecule has 136 valence electrons. The molecule has 0 unspecified atom stereocenters. The molecule has 0 bridgehead atoms. The lowest BCUT2D eigenvalue weighted by molar-refractivity contribution is 0.342. The first-order valence-electron chi connectivity index (χ1n) is 9.70. The van der Waals surface area contributed by atoms with Gasteiger partial charge in [-0.2, -0.15) is 0 Å². The highest BCUT2D eigenvalue weighted by molar-refractivity contribution is 5.15. The third-order valence-corrected chi connectivity index (χ3v) is 3.82. The molecular formula is C23H38O. The van der Waals surface area contributed by atoms with Crippen molar-refractivity contribution < 1.29 is 5.11 Å². The molecule has 0 saturated carbocycles. The lowest BCUT2D eigenvalue weighted by Gasteiger charge is -1.98. The van der Waals surface area contributed by atoms with Crippen LogP contribution in [-0.2, 0) is 0 Å². The fourth-order valence-corrected chi connectivity index (χ4v) is 2.36. The zero-order valence-electron chi connectivity index (χ0n) is 15.9. The fraction of sp³-hybridized carbons (Fsp3) is 0.565. The van der Waals surface area contributed by atoms with Crippen molar-refractivity contribution in [1.29, 1.82) is 0 Å². The van der Waals surface area contributed by atoms with E-state index in [1.54, 1.807) is 0 Å². The molecule has 1 N–H and O–H groups in total. The second kappa shape index (κ2) is 19.7. The molecule has 0 aromatic carbocycles. The summed E-state index contributed by atoms with van der Waals surface area (Å²) in [6, 6.07) is 0. The molecule has 1 nitrogen and oxygen atoms in total. The number of rotatable bonds is 15. The van der Waals surface area contributed by atoms with Crippen LogP contribution in [0.3, 0.4) is 0 Å². The molecule has 0 aromatic rings. The van der Waals surface area contributed by atoms with Crippen LogP contribution in [-0.4, -0.2) is 11.7 Å². The predicted molar refractivity (Wildman–Crippen MR) is 109 cm³/mol. The molecule has 0 aliphatic rings. The molecule has 0 aliphatic carbocycles. The third-order valence-electron chi connectivity index (χ3n) is 3.82. The Balaban J connectivity index is 3.34. The summed E-state index contributed by atoms with van der Waals surface area (Å²) < 4.78 is 0. The third kappa shape index (κ3) is 18.7. The molecule has 0 heterocycles. The van der Waals surface area contributed by atoms with Gasteiger partial charge in [0.2, 0.25) is 0 Å². The molecule has 0 saturated heterocycles. The second-order valence-corrected chi connectivity index (χ2v) is 6.17. The lowest BCUT2D eigenvalue weighted by Crippen LogP contribution is -1.79. The van der Waals surface area contributed by atoms with Crippen molar-refractivity contribution in [3.63, 3.8) is 0 Å². The summed E-state index contributed by atoms with van der Waals surface area (Å²) in [5, 5.41) is 8.76. The first kappa shape index (κ1) is 22.7. The Bertz CT molecular complexity index is 396. The summed E-state index contributed by atoms with van der Waals surface area (Å²) in [7, 11) is 0. The topological polar surface area (TPSA) is 20.2 Å². The molecule has 0 aliphatic heterocycles. The van der Waals surface area contributed by atoms with Crippen LogP contribution in [0, 0.1) is 0 Å². The Morgan fingerprint density at radius 3 is 1.88 bits per heavy atom. The Morgan fingerprint density at radius 2 is 1.25 bits per heavy atom. The molecule has 1 heteroatoms. The number of hydrogen-bond donors (Lipinski definition) is 1. The van der Waals surface area contributed by atoms with E-state index in [0.717, 1.165) is 31.3 Å². The Hall–Kier alpha value is -1.34. The van der Waals surface area contributed by atoms with Gasteiger partial charge >= 0.3 is 0 Å². The fourth-order valence-electron chi connectivity index (χ4n) is 2.36. The van der Waals surface area contributed by atoms with Gasteiger partial charge in [0, 0.05) is 0 Å². The maximum Gasteiger partial charge on any atom is 0.0617 e. The van der Waals surface area contributed by atoms with Crippen molar-refractivity contribution in [3.8, 4) is 0 Å². The average molecular weight is 331 g/mol. The largest absolute Gasteiger partial charge is 0.392 e. The van der Waals surface area contributed by atoms with Crippen LogP contribution in [0.1, 0.15) is 78.1 Å². The van der Waals surface area contributed by atoms with E-state index in [9.17, 15) is 0 Å². The van der Waals surface area contributed by atoms with Crippen LogP contribution >= 0.6 is 0 Å². The Kier molecular flexibility index (Phi) is 18.6. The van der Waals surface area contributed by atoms with E-state index >= 15 is 0 Å². The first-order valence-corrected chi connectivity index (χ1v) is 9.70. The molecule has 0 spiro atoms. The molecule has 0 fully saturated rings. The lowest BCUT2D eigenvalue weighted by atomic mass is 10.1. The molecule has 0 radical (unpaired) electrons. The van der Waals surface area contributed by atoms with Crippen molar-refractivity contribution in [2.45, 2.75) is 78.1 Å². The van der Waals surface area contributed by atoms with E-state index in [-0.39, 0.29) is 6.61 Å². The van der Waals surface area contributed by atoms with Gasteiger partial charge in [0.25, 0.3) is 0 Å². The quantitative estimate of drug-likeness (QED) is 0.193. The summed E-state index contributed by atoms with van der Waals surface area (Å²) in [4.78, 5) is 0. The van der Waals surface area contributed by atoms with Crippen molar-refractivity contribution in [2.24, 2.45) is 0 Å². The Labute approximate surface area is 150 Å². The Morgan fingerprint density at radius 1 is 0.708 bits per heavy atom. The van der Waals surface area contributed by atoms with Gasteiger partial charge in [0.15, 0.2) is 0 Å². The van der Waals surface area contributed by atoms with Crippen LogP contribution < -0.4 is 0 Å². The van der Waals surface area contributed by atoms with Gasteiger partial charge in [-0.1, -0.05) is 86.4 Å². The zero-order chi connectivity index (χ0) is 17.7. The molecular weight excluding hydrogens is 292 g/mol. The molecule has 0 atom stereocenters. The van der Waals surface area contributed by atoms with Crippen LogP contribution in [0.5, 0.6) is 0 Å². The maximum absolute atomic E-state index is 8.76. The highest BCUT2D eigenvalue weighted by Crippen LogP contribution is 2.09. The summed E-state index contributed by atoms with van der Waals surface area (Å²) >= 11 is 0. The van der Waals surface area contributed by atoms with Crippen molar-refractivity contribution in [2.75, 3.05) is 6.61 Å². The van der Waals surface area contributed by atoms with Gasteiger partial charge in [0.1, 0.15) is 0 Å². The molecule has 0 aromatic heterocycles. The first-order chi connectivity index (χ1) is 11.8. The van der Waals surface area contributed by atoms with Crippen molar-refractivity contribution >= 4 is 0 Å². The van der Waals surface area contributed by atoms with Gasteiger partial charge in [-0.25, -0.2) is 0 Å². The second-order valence-electron chi connectivity index (χ2n) is 6.17. The van der Waals surface area contributed by atoms with Crippen molar-refractivity contribution in [1.82, 2.24) is 0 Å². The SMILES string of the molecule is CC/C=C\C/C=C\C/C=C\CCCCCCC/C=C/C(C)=C\CO. The maximum atomic E-state index is 8.76. The molecule has 0 rings (SSSR count). The normalized spacial score (nSPS) is 13.4. The van der Waals surface area contributed by atoms with E-state index in [0.29, 0.717) is 0 Å². The summed E-state index contributed by atoms with van der Waals surface area (Å²) in [6.07, 6.45) is 31.9. The predicted octanol–water partition coefficient (Wildman–Crippen LogP) is 7.07. The number of unbranched alkanes of at least 4 members (excludes halogenated alkanes) is 6. The van der Waals surface area contributed by atoms with E-state index in [4.69, 9.17) is 5.11 Å². The summed E-state index contributed by atoms with van der Waals surface area (Å²) in [5.74, 6) is 0. The minimum Gasteiger partial charge on any atom is -0.392 e. The number of hydrogen-bond acceptors (Lipinski definition) is 1. The molecule has 0 amide bonds. The highest BCUT2D eigenvalue weighted by atomic mass is 16.2. The standard InChI is InChI=1S/C23H38O/c1-3-4-5-6-7-8-9-10-11-12-13-14-15-16-17-18-19-20-23(2)21-22-24/h4-5,7-8,10-11,19-21,24H,3,6,9,12-18,22H2,1-2H3/b5-4-,8-7-,11-10-,20-19+,23-21-.